The van der Waals surface area contributed by atoms with E-state index in [-0.39, 0.29) is 0 Å². The Morgan fingerprint density at radius 2 is 1.93 bits per heavy atom. The van der Waals surface area contributed by atoms with Crippen LogP contribution < -0.4 is 5.32 Å². The maximum atomic E-state index is 3.39. The van der Waals surface area contributed by atoms with Crippen LogP contribution in [0.3, 0.4) is 0 Å². The lowest BCUT2D eigenvalue weighted by Crippen LogP contribution is -2.55. The molecule has 1 spiro atoms. The van der Waals surface area contributed by atoms with E-state index < -0.39 is 0 Å². The molecule has 1 aliphatic heterocycles. The van der Waals surface area contributed by atoms with Crippen LogP contribution in [0.25, 0.3) is 0 Å². The van der Waals surface area contributed by atoms with Gasteiger partial charge in [-0.15, -0.1) is 0 Å². The van der Waals surface area contributed by atoms with E-state index in [0.717, 1.165) is 12.0 Å². The van der Waals surface area contributed by atoms with Crippen molar-refractivity contribution in [3.63, 3.8) is 0 Å². The summed E-state index contributed by atoms with van der Waals surface area (Å²) in [6, 6.07) is 0. The van der Waals surface area contributed by atoms with Crippen molar-refractivity contribution in [3.8, 4) is 0 Å². The highest BCUT2D eigenvalue weighted by molar-refractivity contribution is 4.97. The molecule has 0 amide bonds. The van der Waals surface area contributed by atoms with Crippen molar-refractivity contribution < 1.29 is 0 Å². The Morgan fingerprint density at radius 3 is 2.57 bits per heavy atom. The van der Waals surface area contributed by atoms with Crippen LogP contribution in [0.4, 0.5) is 0 Å². The zero-order chi connectivity index (χ0) is 9.86. The van der Waals surface area contributed by atoms with Gasteiger partial charge in [-0.2, -0.15) is 0 Å². The lowest BCUT2D eigenvalue weighted by atomic mass is 9.78. The van der Waals surface area contributed by atoms with Gasteiger partial charge in [0.25, 0.3) is 0 Å². The third-order valence-corrected chi connectivity index (χ3v) is 3.86. The fraction of sp³-hybridized carbons (Fsp3) is 1.00. The highest BCUT2D eigenvalue weighted by Gasteiger charge is 2.43. The van der Waals surface area contributed by atoms with E-state index in [9.17, 15) is 0 Å². The molecule has 0 unspecified atom stereocenters. The molecule has 2 heteroatoms. The van der Waals surface area contributed by atoms with Gasteiger partial charge in [0.1, 0.15) is 0 Å². The van der Waals surface area contributed by atoms with Crippen molar-refractivity contribution >= 4 is 0 Å². The first kappa shape index (κ1) is 10.4. The third kappa shape index (κ3) is 2.29. The standard InChI is InChI=1S/C12H24N2/c1-2-13-8-5-9-14-10-12(11-14)6-3-4-7-12/h13H,2-11H2,1H3. The van der Waals surface area contributed by atoms with E-state index in [1.54, 1.807) is 0 Å². The van der Waals surface area contributed by atoms with E-state index in [0.29, 0.717) is 0 Å². The summed E-state index contributed by atoms with van der Waals surface area (Å²) in [4.78, 5) is 2.64. The van der Waals surface area contributed by atoms with Crippen molar-refractivity contribution in [2.45, 2.75) is 39.0 Å². The molecular formula is C12H24N2. The van der Waals surface area contributed by atoms with Crippen LogP contribution in [0.15, 0.2) is 0 Å². The molecule has 82 valence electrons. The summed E-state index contributed by atoms with van der Waals surface area (Å²) in [6.45, 7) is 8.61. The number of hydrogen-bond acceptors (Lipinski definition) is 2. The second kappa shape index (κ2) is 4.63. The predicted molar refractivity (Wildman–Crippen MR) is 60.5 cm³/mol. The first-order valence-corrected chi connectivity index (χ1v) is 6.28. The van der Waals surface area contributed by atoms with Gasteiger partial charge in [-0.05, 0) is 44.3 Å². The predicted octanol–water partition coefficient (Wildman–Crippen LogP) is 1.86. The van der Waals surface area contributed by atoms with Gasteiger partial charge in [-0.3, -0.25) is 0 Å². The van der Waals surface area contributed by atoms with Crippen LogP contribution >= 0.6 is 0 Å². The lowest BCUT2D eigenvalue weighted by molar-refractivity contribution is 0.00577. The van der Waals surface area contributed by atoms with Crippen LogP contribution in [0.5, 0.6) is 0 Å². The molecule has 2 aliphatic rings. The van der Waals surface area contributed by atoms with E-state index in [2.05, 4.69) is 17.1 Å². The van der Waals surface area contributed by atoms with Crippen molar-refractivity contribution in [3.05, 3.63) is 0 Å². The van der Waals surface area contributed by atoms with Crippen LogP contribution in [-0.2, 0) is 0 Å². The van der Waals surface area contributed by atoms with Crippen LogP contribution in [0.2, 0.25) is 0 Å². The molecule has 1 saturated heterocycles. The summed E-state index contributed by atoms with van der Waals surface area (Å²) in [5, 5.41) is 3.39. The van der Waals surface area contributed by atoms with Gasteiger partial charge in [0, 0.05) is 13.1 Å². The molecule has 0 atom stereocenters. The Hall–Kier alpha value is -0.0800. The summed E-state index contributed by atoms with van der Waals surface area (Å²) in [6.07, 6.45) is 7.33. The molecule has 2 nitrogen and oxygen atoms in total. The zero-order valence-electron chi connectivity index (χ0n) is 9.52. The van der Waals surface area contributed by atoms with Gasteiger partial charge < -0.3 is 10.2 Å². The highest BCUT2D eigenvalue weighted by Crippen LogP contribution is 2.45. The summed E-state index contributed by atoms with van der Waals surface area (Å²) in [5.74, 6) is 0. The Morgan fingerprint density at radius 1 is 1.21 bits per heavy atom. The molecule has 0 bridgehead atoms. The average molecular weight is 196 g/mol. The molecule has 1 saturated carbocycles. The molecule has 0 aromatic heterocycles. The minimum Gasteiger partial charge on any atom is -0.317 e. The number of rotatable bonds is 5. The Kier molecular flexibility index (Phi) is 3.45. The Labute approximate surface area is 88.1 Å². The molecule has 0 radical (unpaired) electrons. The normalized spacial score (nSPS) is 25.5. The first-order chi connectivity index (χ1) is 6.85. The summed E-state index contributed by atoms with van der Waals surface area (Å²) in [7, 11) is 0. The summed E-state index contributed by atoms with van der Waals surface area (Å²) < 4.78 is 0. The Balaban J connectivity index is 1.54. The second-order valence-electron chi connectivity index (χ2n) is 5.12. The summed E-state index contributed by atoms with van der Waals surface area (Å²) in [5.41, 5.74) is 0.790. The quantitative estimate of drug-likeness (QED) is 0.675. The van der Waals surface area contributed by atoms with E-state index in [1.165, 1.54) is 58.3 Å². The van der Waals surface area contributed by atoms with E-state index >= 15 is 0 Å². The van der Waals surface area contributed by atoms with Crippen molar-refractivity contribution in [2.75, 3.05) is 32.7 Å². The highest BCUT2D eigenvalue weighted by atomic mass is 15.2. The number of nitrogens with one attached hydrogen (secondary N) is 1. The van der Waals surface area contributed by atoms with Crippen molar-refractivity contribution in [1.29, 1.82) is 0 Å². The third-order valence-electron chi connectivity index (χ3n) is 3.86. The molecule has 0 aromatic carbocycles. The Bertz CT molecular complexity index is 165. The van der Waals surface area contributed by atoms with Crippen LogP contribution in [-0.4, -0.2) is 37.6 Å². The minimum atomic E-state index is 0.790. The number of nitrogens with zero attached hydrogens (tertiary/aromatic N) is 1. The van der Waals surface area contributed by atoms with Crippen molar-refractivity contribution in [1.82, 2.24) is 10.2 Å². The van der Waals surface area contributed by atoms with Gasteiger partial charge in [-0.1, -0.05) is 19.8 Å². The fourth-order valence-corrected chi connectivity index (χ4v) is 3.11. The van der Waals surface area contributed by atoms with Gasteiger partial charge in [0.15, 0.2) is 0 Å². The van der Waals surface area contributed by atoms with E-state index in [1.807, 2.05) is 0 Å². The van der Waals surface area contributed by atoms with Crippen molar-refractivity contribution in [2.24, 2.45) is 5.41 Å². The van der Waals surface area contributed by atoms with Gasteiger partial charge in [0.2, 0.25) is 0 Å². The van der Waals surface area contributed by atoms with Gasteiger partial charge >= 0.3 is 0 Å². The average Bonchev–Trinajstić information content (AvgIpc) is 2.59. The van der Waals surface area contributed by atoms with Crippen LogP contribution in [0.1, 0.15) is 39.0 Å². The molecule has 14 heavy (non-hydrogen) atoms. The fourth-order valence-electron chi connectivity index (χ4n) is 3.11. The molecule has 1 N–H and O–H groups in total. The SMILES string of the molecule is CCNCCCN1CC2(CCCC2)C1. The molecule has 1 heterocycles. The molecule has 2 rings (SSSR count). The smallest absolute Gasteiger partial charge is 0.00505 e. The largest absolute Gasteiger partial charge is 0.317 e. The minimum absolute atomic E-state index is 0.790. The maximum Gasteiger partial charge on any atom is 0.00505 e. The van der Waals surface area contributed by atoms with Gasteiger partial charge in [0.05, 0.1) is 0 Å². The lowest BCUT2D eigenvalue weighted by Gasteiger charge is -2.48. The zero-order valence-corrected chi connectivity index (χ0v) is 9.52. The molecule has 2 fully saturated rings. The molecule has 0 aromatic rings. The first-order valence-electron chi connectivity index (χ1n) is 6.28. The van der Waals surface area contributed by atoms with Gasteiger partial charge in [-0.25, -0.2) is 0 Å². The monoisotopic (exact) mass is 196 g/mol. The maximum absolute atomic E-state index is 3.39. The molecular weight excluding hydrogens is 172 g/mol. The second-order valence-corrected chi connectivity index (χ2v) is 5.12. The molecule has 1 aliphatic carbocycles. The summed E-state index contributed by atoms with van der Waals surface area (Å²) >= 11 is 0. The number of likely N-dealkylation sites (tertiary alicyclic amines) is 1. The number of hydrogen-bond donors (Lipinski definition) is 1. The van der Waals surface area contributed by atoms with Crippen LogP contribution in [0, 0.1) is 5.41 Å². The topological polar surface area (TPSA) is 15.3 Å². The van der Waals surface area contributed by atoms with E-state index in [4.69, 9.17) is 0 Å².